The van der Waals surface area contributed by atoms with Gasteiger partial charge in [-0.25, -0.2) is 10.4 Å². The normalized spacial score (nSPS) is 14.1. The molecule has 0 bridgehead atoms. The minimum Gasteiger partial charge on any atom is -0.267 e. The molecule has 108 valence electrons. The Hall–Kier alpha value is -1.72. The van der Waals surface area contributed by atoms with Crippen LogP contribution in [-0.4, -0.2) is 23.4 Å². The minimum atomic E-state index is -0.285. The lowest BCUT2D eigenvalue weighted by Crippen LogP contribution is -2.49. The van der Waals surface area contributed by atoms with Gasteiger partial charge in [-0.05, 0) is 30.0 Å². The molecule has 1 heterocycles. The van der Waals surface area contributed by atoms with Crippen molar-refractivity contribution in [3.05, 3.63) is 45.9 Å². The zero-order chi connectivity index (χ0) is 15.0. The Labute approximate surface area is 131 Å². The third-order valence-electron chi connectivity index (χ3n) is 3.65. The Morgan fingerprint density at radius 3 is 2.52 bits per heavy atom. The molecule has 3 rings (SSSR count). The fourth-order valence-corrected chi connectivity index (χ4v) is 3.03. The molecule has 5 heteroatoms. The van der Waals surface area contributed by atoms with Crippen molar-refractivity contribution < 1.29 is 9.59 Å². The van der Waals surface area contributed by atoms with E-state index in [4.69, 9.17) is 0 Å². The van der Waals surface area contributed by atoms with Crippen LogP contribution < -0.4 is 5.43 Å². The number of hydrazine groups is 1. The molecule has 2 amide bonds. The van der Waals surface area contributed by atoms with Gasteiger partial charge in [-0.15, -0.1) is 0 Å². The summed E-state index contributed by atoms with van der Waals surface area (Å²) in [5.41, 5.74) is 4.07. The molecule has 0 saturated carbocycles. The van der Waals surface area contributed by atoms with Crippen molar-refractivity contribution >= 4 is 38.5 Å². The molecule has 1 aliphatic rings. The van der Waals surface area contributed by atoms with E-state index in [-0.39, 0.29) is 11.8 Å². The van der Waals surface area contributed by atoms with Gasteiger partial charge in [0.25, 0.3) is 11.8 Å². The summed E-state index contributed by atoms with van der Waals surface area (Å²) in [6.45, 7) is 2.67. The van der Waals surface area contributed by atoms with Crippen molar-refractivity contribution in [2.24, 2.45) is 0 Å². The second-order valence-corrected chi connectivity index (χ2v) is 5.88. The predicted molar refractivity (Wildman–Crippen MR) is 85.1 cm³/mol. The number of carbonyl (C=O) groups is 2. The van der Waals surface area contributed by atoms with Crippen LogP contribution in [0.1, 0.15) is 40.5 Å². The maximum absolute atomic E-state index is 12.5. The second kappa shape index (κ2) is 5.58. The molecule has 0 aliphatic carbocycles. The summed E-state index contributed by atoms with van der Waals surface area (Å²) in [7, 11) is 0. The number of carbonyl (C=O) groups excluding carboxylic acids is 2. The van der Waals surface area contributed by atoms with Crippen molar-refractivity contribution in [1.82, 2.24) is 10.4 Å². The molecule has 1 aliphatic heterocycles. The number of nitrogens with zero attached hydrogens (tertiary/aromatic N) is 1. The first-order valence-corrected chi connectivity index (χ1v) is 7.78. The molecule has 0 unspecified atom stereocenters. The molecular weight excluding hydrogens is 332 g/mol. The summed E-state index contributed by atoms with van der Waals surface area (Å²) in [5, 5.41) is 2.76. The average Bonchev–Trinajstić information content (AvgIpc) is 2.49. The van der Waals surface area contributed by atoms with Crippen LogP contribution in [0.15, 0.2) is 34.8 Å². The average molecular weight is 347 g/mol. The number of hydrogen-bond acceptors (Lipinski definition) is 3. The summed E-state index contributed by atoms with van der Waals surface area (Å²) in [4.78, 5) is 25.1. The van der Waals surface area contributed by atoms with Gasteiger partial charge in [-0.1, -0.05) is 41.4 Å². The number of nitrogens with one attached hydrogen (secondary N) is 1. The van der Waals surface area contributed by atoms with Crippen LogP contribution >= 0.6 is 15.9 Å². The van der Waals surface area contributed by atoms with E-state index >= 15 is 0 Å². The van der Waals surface area contributed by atoms with Crippen molar-refractivity contribution in [2.75, 3.05) is 6.54 Å². The van der Waals surface area contributed by atoms with E-state index in [1.165, 1.54) is 0 Å². The first-order valence-electron chi connectivity index (χ1n) is 6.98. The Bertz CT molecular complexity index is 720. The van der Waals surface area contributed by atoms with Crippen molar-refractivity contribution in [3.8, 4) is 0 Å². The molecule has 2 aromatic rings. The molecule has 2 aromatic carbocycles. The molecule has 0 aromatic heterocycles. The van der Waals surface area contributed by atoms with Crippen LogP contribution in [0.3, 0.4) is 0 Å². The molecule has 21 heavy (non-hydrogen) atoms. The lowest BCUT2D eigenvalue weighted by molar-refractivity contribution is 0.0520. The van der Waals surface area contributed by atoms with E-state index in [1.54, 1.807) is 12.1 Å². The number of unbranched alkanes of at least 4 members (excludes halogenated alkanes) is 1. The van der Waals surface area contributed by atoms with Gasteiger partial charge in [0.15, 0.2) is 0 Å². The van der Waals surface area contributed by atoms with Crippen molar-refractivity contribution in [3.63, 3.8) is 0 Å². The van der Waals surface area contributed by atoms with Crippen LogP contribution in [0.2, 0.25) is 0 Å². The molecule has 0 radical (unpaired) electrons. The lowest BCUT2D eigenvalue weighted by atomic mass is 9.95. The summed E-state index contributed by atoms with van der Waals surface area (Å²) >= 11 is 3.47. The predicted octanol–water partition coefficient (Wildman–Crippen LogP) is 3.50. The van der Waals surface area contributed by atoms with Gasteiger partial charge in [0, 0.05) is 16.4 Å². The van der Waals surface area contributed by atoms with Crippen molar-refractivity contribution in [2.45, 2.75) is 19.8 Å². The fourth-order valence-electron chi connectivity index (χ4n) is 2.57. The van der Waals surface area contributed by atoms with Gasteiger partial charge in [0.1, 0.15) is 0 Å². The minimum absolute atomic E-state index is 0.285. The van der Waals surface area contributed by atoms with Crippen LogP contribution in [0.25, 0.3) is 10.8 Å². The van der Waals surface area contributed by atoms with Crippen LogP contribution in [0.5, 0.6) is 0 Å². The van der Waals surface area contributed by atoms with Gasteiger partial charge in [0.05, 0.1) is 11.1 Å². The van der Waals surface area contributed by atoms with Crippen LogP contribution in [-0.2, 0) is 0 Å². The van der Waals surface area contributed by atoms with Gasteiger partial charge < -0.3 is 0 Å². The largest absolute Gasteiger partial charge is 0.275 e. The number of imide groups is 1. The topological polar surface area (TPSA) is 49.4 Å². The smallest absolute Gasteiger partial charge is 0.267 e. The van der Waals surface area contributed by atoms with Gasteiger partial charge in [-0.2, -0.15) is 0 Å². The number of halogens is 1. The van der Waals surface area contributed by atoms with E-state index in [0.29, 0.717) is 17.7 Å². The molecule has 1 N–H and O–H groups in total. The number of amides is 2. The number of rotatable bonds is 4. The summed E-state index contributed by atoms with van der Waals surface area (Å²) < 4.78 is 0.885. The van der Waals surface area contributed by atoms with Crippen LogP contribution in [0.4, 0.5) is 0 Å². The molecule has 4 nitrogen and oxygen atoms in total. The fraction of sp³-hybridized carbons (Fsp3) is 0.250. The highest BCUT2D eigenvalue weighted by molar-refractivity contribution is 9.10. The molecule has 0 spiro atoms. The zero-order valence-corrected chi connectivity index (χ0v) is 13.2. The van der Waals surface area contributed by atoms with Crippen LogP contribution in [0, 0.1) is 0 Å². The van der Waals surface area contributed by atoms with E-state index in [1.807, 2.05) is 18.2 Å². The highest BCUT2D eigenvalue weighted by Gasteiger charge is 2.32. The second-order valence-electron chi connectivity index (χ2n) is 5.03. The van der Waals surface area contributed by atoms with Gasteiger partial charge in [0.2, 0.25) is 0 Å². The molecular formula is C16H15BrN2O2. The number of benzene rings is 2. The quantitative estimate of drug-likeness (QED) is 0.680. The van der Waals surface area contributed by atoms with Gasteiger partial charge >= 0.3 is 0 Å². The molecule has 0 atom stereocenters. The Morgan fingerprint density at radius 1 is 1.10 bits per heavy atom. The zero-order valence-electron chi connectivity index (χ0n) is 11.6. The highest BCUT2D eigenvalue weighted by atomic mass is 79.9. The first-order chi connectivity index (χ1) is 10.1. The summed E-state index contributed by atoms with van der Waals surface area (Å²) in [6.07, 6.45) is 1.91. The molecule has 0 saturated heterocycles. The first kappa shape index (κ1) is 14.2. The Morgan fingerprint density at radius 2 is 1.81 bits per heavy atom. The highest BCUT2D eigenvalue weighted by Crippen LogP contribution is 2.33. The Balaban J connectivity index is 2.11. The van der Waals surface area contributed by atoms with E-state index in [2.05, 4.69) is 28.3 Å². The third-order valence-corrected chi connectivity index (χ3v) is 4.35. The van der Waals surface area contributed by atoms with Crippen molar-refractivity contribution in [1.29, 1.82) is 0 Å². The van der Waals surface area contributed by atoms with E-state index in [9.17, 15) is 9.59 Å². The summed E-state index contributed by atoms with van der Waals surface area (Å²) in [6, 6.07) is 9.12. The standard InChI is InChI=1S/C16H15BrN2O2/c1-2-3-9-18-19-15(20)11-6-4-5-10-13(17)8-7-12(14(10)11)16(19)21/h4-8,18H,2-3,9H2,1H3. The maximum Gasteiger partial charge on any atom is 0.275 e. The maximum atomic E-state index is 12.5. The third kappa shape index (κ3) is 2.26. The number of hydrogen-bond donors (Lipinski definition) is 1. The van der Waals surface area contributed by atoms with E-state index in [0.717, 1.165) is 33.1 Å². The SMILES string of the molecule is CCCCNN1C(=O)c2cccc3c(Br)ccc(c23)C1=O. The summed E-state index contributed by atoms with van der Waals surface area (Å²) in [5.74, 6) is -0.570. The van der Waals surface area contributed by atoms with Gasteiger partial charge in [-0.3, -0.25) is 9.59 Å². The monoisotopic (exact) mass is 346 g/mol. The lowest BCUT2D eigenvalue weighted by Gasteiger charge is -2.27. The van der Waals surface area contributed by atoms with E-state index < -0.39 is 0 Å². The Kier molecular flexibility index (Phi) is 3.78. The molecule has 0 fully saturated rings.